The molecule has 0 aromatic heterocycles. The van der Waals surface area contributed by atoms with Gasteiger partial charge in [0.1, 0.15) is 5.76 Å². The maximum atomic E-state index is 5.27. The molecule has 0 heterocycles. The average molecular weight is 152 g/mol. The molecule has 0 radical (unpaired) electrons. The van der Waals surface area contributed by atoms with E-state index in [9.17, 15) is 0 Å². The topological polar surface area (TPSA) is 9.23 Å². The molecule has 62 valence electrons. The van der Waals surface area contributed by atoms with Crippen molar-refractivity contribution in [2.24, 2.45) is 0 Å². The van der Waals surface area contributed by atoms with Crippen LogP contribution in [0.2, 0.25) is 0 Å². The largest absolute Gasteiger partial charge is 0.494 e. The van der Waals surface area contributed by atoms with Crippen molar-refractivity contribution in [3.8, 4) is 0 Å². The Hall–Kier alpha value is -0.980. The average Bonchev–Trinajstić information content (AvgIpc) is 1.97. The van der Waals surface area contributed by atoms with E-state index in [0.717, 1.165) is 11.3 Å². The maximum absolute atomic E-state index is 5.27. The summed E-state index contributed by atoms with van der Waals surface area (Å²) in [6.07, 6.45) is 5.79. The number of hydrogen-bond acceptors (Lipinski definition) is 1. The molecule has 0 saturated carbocycles. The predicted molar refractivity (Wildman–Crippen MR) is 49.3 cm³/mol. The fourth-order valence-electron chi connectivity index (χ4n) is 0.619. The first-order chi connectivity index (χ1) is 5.20. The van der Waals surface area contributed by atoms with Gasteiger partial charge in [0, 0.05) is 0 Å². The van der Waals surface area contributed by atoms with Gasteiger partial charge in [0.25, 0.3) is 0 Å². The van der Waals surface area contributed by atoms with E-state index in [4.69, 9.17) is 4.74 Å². The highest BCUT2D eigenvalue weighted by atomic mass is 16.5. The molecule has 0 unspecified atom stereocenters. The van der Waals surface area contributed by atoms with E-state index in [-0.39, 0.29) is 0 Å². The van der Waals surface area contributed by atoms with Gasteiger partial charge in [-0.25, -0.2) is 0 Å². The van der Waals surface area contributed by atoms with E-state index in [1.165, 1.54) is 0 Å². The minimum absolute atomic E-state index is 0.709. The van der Waals surface area contributed by atoms with Crippen LogP contribution in [-0.4, -0.2) is 6.61 Å². The Morgan fingerprint density at radius 2 is 2.09 bits per heavy atom. The molecule has 0 N–H and O–H groups in total. The van der Waals surface area contributed by atoms with Crippen LogP contribution in [0.1, 0.15) is 20.8 Å². The van der Waals surface area contributed by atoms with Crippen LogP contribution in [0.15, 0.2) is 36.1 Å². The molecule has 0 rings (SSSR count). The second-order valence-corrected chi connectivity index (χ2v) is 2.30. The Morgan fingerprint density at radius 3 is 2.45 bits per heavy atom. The summed E-state index contributed by atoms with van der Waals surface area (Å²) in [7, 11) is 0. The molecule has 0 amide bonds. The molecule has 1 nitrogen and oxygen atoms in total. The second-order valence-electron chi connectivity index (χ2n) is 2.30. The lowest BCUT2D eigenvalue weighted by molar-refractivity contribution is 0.242. The summed E-state index contributed by atoms with van der Waals surface area (Å²) in [6, 6.07) is 0. The van der Waals surface area contributed by atoms with Gasteiger partial charge in [-0.3, -0.25) is 0 Å². The molecule has 0 aliphatic heterocycles. The minimum atomic E-state index is 0.709. The first kappa shape index (κ1) is 10.0. The van der Waals surface area contributed by atoms with Crippen molar-refractivity contribution in [1.29, 1.82) is 0 Å². The van der Waals surface area contributed by atoms with Crippen molar-refractivity contribution in [3.05, 3.63) is 36.1 Å². The second kappa shape index (κ2) is 5.78. The number of allylic oxidation sites excluding steroid dienone is 4. The van der Waals surface area contributed by atoms with Crippen molar-refractivity contribution < 1.29 is 4.74 Å². The molecule has 0 atom stereocenters. The predicted octanol–water partition coefficient (Wildman–Crippen LogP) is 3.06. The van der Waals surface area contributed by atoms with E-state index < -0.39 is 0 Å². The van der Waals surface area contributed by atoms with Crippen LogP contribution in [0.4, 0.5) is 0 Å². The lowest BCUT2D eigenvalue weighted by Crippen LogP contribution is -1.86. The van der Waals surface area contributed by atoms with Gasteiger partial charge in [-0.15, -0.1) is 0 Å². The summed E-state index contributed by atoms with van der Waals surface area (Å²) in [5.74, 6) is 0.899. The molecule has 0 aromatic carbocycles. The van der Waals surface area contributed by atoms with Crippen LogP contribution in [0.5, 0.6) is 0 Å². The highest BCUT2D eigenvalue weighted by Gasteiger charge is 1.86. The Morgan fingerprint density at radius 1 is 1.45 bits per heavy atom. The quantitative estimate of drug-likeness (QED) is 0.444. The van der Waals surface area contributed by atoms with Gasteiger partial charge in [-0.2, -0.15) is 0 Å². The van der Waals surface area contributed by atoms with Gasteiger partial charge in [-0.1, -0.05) is 18.2 Å². The molecule has 1 heteroatoms. The van der Waals surface area contributed by atoms with Crippen molar-refractivity contribution in [1.82, 2.24) is 0 Å². The summed E-state index contributed by atoms with van der Waals surface area (Å²) in [5.41, 5.74) is 1.03. The van der Waals surface area contributed by atoms with Crippen molar-refractivity contribution in [3.63, 3.8) is 0 Å². The van der Waals surface area contributed by atoms with Crippen molar-refractivity contribution >= 4 is 0 Å². The summed E-state index contributed by atoms with van der Waals surface area (Å²) < 4.78 is 5.27. The van der Waals surface area contributed by atoms with Crippen LogP contribution < -0.4 is 0 Å². The molecular weight excluding hydrogens is 136 g/mol. The Balaban J connectivity index is 3.98. The zero-order valence-corrected chi connectivity index (χ0v) is 7.55. The van der Waals surface area contributed by atoms with Gasteiger partial charge >= 0.3 is 0 Å². The van der Waals surface area contributed by atoms with E-state index in [2.05, 4.69) is 6.58 Å². The summed E-state index contributed by atoms with van der Waals surface area (Å²) >= 11 is 0. The first-order valence-corrected chi connectivity index (χ1v) is 3.83. The lowest BCUT2D eigenvalue weighted by atomic mass is 10.3. The molecule has 11 heavy (non-hydrogen) atoms. The SMILES string of the molecule is C=C(C)/C=C\C(=C/C)OCC. The van der Waals surface area contributed by atoms with Gasteiger partial charge in [0.2, 0.25) is 0 Å². The number of hydrogen-bond donors (Lipinski definition) is 0. The van der Waals surface area contributed by atoms with E-state index in [0.29, 0.717) is 6.61 Å². The summed E-state index contributed by atoms with van der Waals surface area (Å²) in [6.45, 7) is 10.3. The van der Waals surface area contributed by atoms with Crippen molar-refractivity contribution in [2.45, 2.75) is 20.8 Å². The molecule has 0 saturated heterocycles. The van der Waals surface area contributed by atoms with Gasteiger partial charge in [0.15, 0.2) is 0 Å². The third-order valence-corrected chi connectivity index (χ3v) is 1.13. The molecule has 0 aliphatic carbocycles. The van der Waals surface area contributed by atoms with E-state index in [1.807, 2.05) is 39.0 Å². The Kier molecular flexibility index (Phi) is 5.26. The highest BCUT2D eigenvalue weighted by Crippen LogP contribution is 2.01. The van der Waals surface area contributed by atoms with E-state index >= 15 is 0 Å². The van der Waals surface area contributed by atoms with Crippen LogP contribution in [-0.2, 0) is 4.74 Å². The van der Waals surface area contributed by atoms with Gasteiger partial charge in [0.05, 0.1) is 6.61 Å². The van der Waals surface area contributed by atoms with Crippen LogP contribution in [0.3, 0.4) is 0 Å². The zero-order chi connectivity index (χ0) is 8.69. The van der Waals surface area contributed by atoms with Crippen LogP contribution in [0.25, 0.3) is 0 Å². The number of ether oxygens (including phenoxy) is 1. The van der Waals surface area contributed by atoms with Crippen LogP contribution >= 0.6 is 0 Å². The van der Waals surface area contributed by atoms with Gasteiger partial charge < -0.3 is 4.74 Å². The van der Waals surface area contributed by atoms with Crippen molar-refractivity contribution in [2.75, 3.05) is 6.61 Å². The molecule has 0 aromatic rings. The molecule has 0 bridgehead atoms. The third-order valence-electron chi connectivity index (χ3n) is 1.13. The Labute approximate surface area is 69.1 Å². The lowest BCUT2D eigenvalue weighted by Gasteiger charge is -2.01. The number of rotatable bonds is 4. The normalized spacial score (nSPS) is 12.1. The summed E-state index contributed by atoms with van der Waals surface area (Å²) in [5, 5.41) is 0. The fraction of sp³-hybridized carbons (Fsp3) is 0.400. The zero-order valence-electron chi connectivity index (χ0n) is 7.55. The third kappa shape index (κ3) is 5.46. The van der Waals surface area contributed by atoms with Crippen LogP contribution in [0, 0.1) is 0 Å². The molecular formula is C10H16O. The maximum Gasteiger partial charge on any atom is 0.115 e. The molecule has 0 fully saturated rings. The molecule has 0 spiro atoms. The summed E-state index contributed by atoms with van der Waals surface area (Å²) in [4.78, 5) is 0. The smallest absolute Gasteiger partial charge is 0.115 e. The van der Waals surface area contributed by atoms with E-state index in [1.54, 1.807) is 0 Å². The minimum Gasteiger partial charge on any atom is -0.494 e. The first-order valence-electron chi connectivity index (χ1n) is 3.83. The fourth-order valence-corrected chi connectivity index (χ4v) is 0.619. The Bertz CT molecular complexity index is 175. The monoisotopic (exact) mass is 152 g/mol. The van der Waals surface area contributed by atoms with Gasteiger partial charge in [-0.05, 0) is 32.9 Å². The highest BCUT2D eigenvalue weighted by molar-refractivity contribution is 5.20. The standard InChI is InChI=1S/C10H16O/c1-5-10(11-6-2)8-7-9(3)4/h5,7-8H,3,6H2,1-2,4H3/b8-7-,10-5+. The molecule has 0 aliphatic rings.